The molecule has 0 aliphatic carbocycles. The molecule has 0 aromatic heterocycles. The quantitative estimate of drug-likeness (QED) is 0.749. The molecule has 0 amide bonds. The van der Waals surface area contributed by atoms with Crippen molar-refractivity contribution in [3.05, 3.63) is 35.9 Å². The number of carbonyl (C=O) groups excluding carboxylic acids is 1. The molecule has 1 aliphatic rings. The normalized spacial score (nSPS) is 26.1. The summed E-state index contributed by atoms with van der Waals surface area (Å²) in [7, 11) is 0. The van der Waals surface area contributed by atoms with Gasteiger partial charge in [0.15, 0.2) is 0 Å². The molecule has 2 rings (SSSR count). The van der Waals surface area contributed by atoms with Crippen molar-refractivity contribution in [1.82, 2.24) is 0 Å². The molecule has 1 heterocycles. The molecular weight excluding hydrogens is 224 g/mol. The predicted molar refractivity (Wildman–Crippen MR) is 72.1 cm³/mol. The van der Waals surface area contributed by atoms with Crippen LogP contribution in [0.1, 0.15) is 52.0 Å². The van der Waals surface area contributed by atoms with Gasteiger partial charge in [-0.1, -0.05) is 43.7 Å². The highest BCUT2D eigenvalue weighted by atomic mass is 16.6. The second kappa shape index (κ2) is 4.75. The van der Waals surface area contributed by atoms with Crippen LogP contribution in [-0.2, 0) is 15.1 Å². The van der Waals surface area contributed by atoms with E-state index in [1.807, 2.05) is 32.0 Å². The summed E-state index contributed by atoms with van der Waals surface area (Å²) in [4.78, 5) is 12.0. The predicted octanol–water partition coefficient (Wildman–Crippen LogP) is 4.05. The second-order valence-electron chi connectivity index (χ2n) is 5.91. The Kier molecular flexibility index (Phi) is 3.47. The third kappa shape index (κ3) is 2.29. The van der Waals surface area contributed by atoms with E-state index >= 15 is 0 Å². The van der Waals surface area contributed by atoms with Gasteiger partial charge in [-0.05, 0) is 32.3 Å². The fraction of sp³-hybridized carbons (Fsp3) is 0.562. The molecule has 18 heavy (non-hydrogen) atoms. The minimum Gasteiger partial charge on any atom is -0.454 e. The molecule has 1 atom stereocenters. The third-order valence-corrected chi connectivity index (χ3v) is 3.80. The van der Waals surface area contributed by atoms with Crippen LogP contribution in [0, 0.1) is 5.41 Å². The van der Waals surface area contributed by atoms with E-state index in [0.29, 0.717) is 0 Å². The zero-order valence-electron chi connectivity index (χ0n) is 11.5. The number of ether oxygens (including phenoxy) is 1. The summed E-state index contributed by atoms with van der Waals surface area (Å²) in [6.07, 6.45) is 3.90. The molecule has 1 aliphatic heterocycles. The maximum Gasteiger partial charge on any atom is 0.312 e. The van der Waals surface area contributed by atoms with Gasteiger partial charge in [0.05, 0.1) is 5.41 Å². The van der Waals surface area contributed by atoms with Crippen LogP contribution in [0.5, 0.6) is 0 Å². The molecule has 0 N–H and O–H groups in total. The average Bonchev–Trinajstić information content (AvgIpc) is 2.60. The fourth-order valence-corrected chi connectivity index (χ4v) is 2.79. The zero-order chi connectivity index (χ0) is 13.2. The molecule has 2 nitrogen and oxygen atoms in total. The van der Waals surface area contributed by atoms with Crippen LogP contribution in [0.25, 0.3) is 0 Å². The van der Waals surface area contributed by atoms with Gasteiger partial charge in [-0.25, -0.2) is 0 Å². The molecule has 2 heteroatoms. The van der Waals surface area contributed by atoms with E-state index < -0.39 is 5.60 Å². The van der Waals surface area contributed by atoms with E-state index in [9.17, 15) is 4.79 Å². The fourth-order valence-electron chi connectivity index (χ4n) is 2.79. The lowest BCUT2D eigenvalue weighted by Crippen LogP contribution is -2.25. The van der Waals surface area contributed by atoms with Crippen molar-refractivity contribution >= 4 is 5.97 Å². The molecule has 1 unspecified atom stereocenters. The first-order chi connectivity index (χ1) is 8.50. The number of benzene rings is 1. The van der Waals surface area contributed by atoms with Crippen LogP contribution < -0.4 is 0 Å². The van der Waals surface area contributed by atoms with Gasteiger partial charge in [-0.2, -0.15) is 0 Å². The highest BCUT2D eigenvalue weighted by Gasteiger charge is 2.51. The number of carbonyl (C=O) groups is 1. The van der Waals surface area contributed by atoms with Crippen LogP contribution in [0.4, 0.5) is 0 Å². The molecule has 0 saturated carbocycles. The van der Waals surface area contributed by atoms with Gasteiger partial charge < -0.3 is 4.74 Å². The van der Waals surface area contributed by atoms with Gasteiger partial charge >= 0.3 is 5.97 Å². The standard InChI is InChI=1S/C16H22O2/c1-4-5-11-16(13-9-7-6-8-10-13)12-15(2,3)14(17)18-16/h6-10H,4-5,11-12H2,1-3H3. The Hall–Kier alpha value is -1.31. The summed E-state index contributed by atoms with van der Waals surface area (Å²) >= 11 is 0. The first kappa shape index (κ1) is 13.1. The smallest absolute Gasteiger partial charge is 0.312 e. The number of cyclic esters (lactones) is 1. The van der Waals surface area contributed by atoms with E-state index in [-0.39, 0.29) is 11.4 Å². The summed E-state index contributed by atoms with van der Waals surface area (Å²) in [5.41, 5.74) is 0.360. The van der Waals surface area contributed by atoms with Gasteiger partial charge in [-0.15, -0.1) is 0 Å². The lowest BCUT2D eigenvalue weighted by atomic mass is 9.78. The first-order valence-corrected chi connectivity index (χ1v) is 6.79. The van der Waals surface area contributed by atoms with Gasteiger partial charge in [0.1, 0.15) is 5.60 Å². The Balaban J connectivity index is 2.35. The van der Waals surface area contributed by atoms with Crippen LogP contribution in [-0.4, -0.2) is 5.97 Å². The van der Waals surface area contributed by atoms with Crippen molar-refractivity contribution in [3.63, 3.8) is 0 Å². The van der Waals surface area contributed by atoms with E-state index in [2.05, 4.69) is 19.1 Å². The molecule has 0 bridgehead atoms. The van der Waals surface area contributed by atoms with Crippen molar-refractivity contribution in [2.45, 2.75) is 52.1 Å². The molecule has 1 aromatic rings. The second-order valence-corrected chi connectivity index (χ2v) is 5.91. The van der Waals surface area contributed by atoms with Crippen molar-refractivity contribution in [2.24, 2.45) is 5.41 Å². The Morgan fingerprint density at radius 3 is 2.39 bits per heavy atom. The lowest BCUT2D eigenvalue weighted by molar-refractivity contribution is -0.154. The highest BCUT2D eigenvalue weighted by Crippen LogP contribution is 2.48. The first-order valence-electron chi connectivity index (χ1n) is 6.79. The number of esters is 1. The summed E-state index contributed by atoms with van der Waals surface area (Å²) < 4.78 is 5.81. The average molecular weight is 246 g/mol. The Morgan fingerprint density at radius 2 is 1.89 bits per heavy atom. The molecule has 1 aromatic carbocycles. The van der Waals surface area contributed by atoms with Gasteiger partial charge in [0, 0.05) is 6.42 Å². The summed E-state index contributed by atoms with van der Waals surface area (Å²) in [5.74, 6) is -0.0672. The van der Waals surface area contributed by atoms with Crippen LogP contribution >= 0.6 is 0 Å². The van der Waals surface area contributed by atoms with Crippen LogP contribution in [0.3, 0.4) is 0 Å². The van der Waals surface area contributed by atoms with Gasteiger partial charge in [0.2, 0.25) is 0 Å². The van der Waals surface area contributed by atoms with Crippen LogP contribution in [0.2, 0.25) is 0 Å². The molecule has 1 saturated heterocycles. The van der Waals surface area contributed by atoms with E-state index in [1.54, 1.807) is 0 Å². The molecular formula is C16H22O2. The number of hydrogen-bond donors (Lipinski definition) is 0. The summed E-state index contributed by atoms with van der Waals surface area (Å²) in [6.45, 7) is 6.12. The minimum absolute atomic E-state index is 0.0672. The molecule has 0 spiro atoms. The van der Waals surface area contributed by atoms with Gasteiger partial charge in [-0.3, -0.25) is 4.79 Å². The molecule has 1 fully saturated rings. The van der Waals surface area contributed by atoms with E-state index in [4.69, 9.17) is 4.74 Å². The van der Waals surface area contributed by atoms with Crippen molar-refractivity contribution in [1.29, 1.82) is 0 Å². The monoisotopic (exact) mass is 246 g/mol. The van der Waals surface area contributed by atoms with Crippen molar-refractivity contribution < 1.29 is 9.53 Å². The van der Waals surface area contributed by atoms with E-state index in [1.165, 1.54) is 0 Å². The maximum atomic E-state index is 12.0. The summed E-state index contributed by atoms with van der Waals surface area (Å²) in [5, 5.41) is 0. The SMILES string of the molecule is CCCCC1(c2ccccc2)CC(C)(C)C(=O)O1. The third-order valence-electron chi connectivity index (χ3n) is 3.80. The maximum absolute atomic E-state index is 12.0. The topological polar surface area (TPSA) is 26.3 Å². The zero-order valence-corrected chi connectivity index (χ0v) is 11.5. The highest BCUT2D eigenvalue weighted by molar-refractivity contribution is 5.79. The minimum atomic E-state index is -0.405. The number of unbranched alkanes of at least 4 members (excludes halogenated alkanes) is 1. The number of rotatable bonds is 4. The van der Waals surface area contributed by atoms with Crippen LogP contribution in [0.15, 0.2) is 30.3 Å². The lowest BCUT2D eigenvalue weighted by Gasteiger charge is -2.29. The Morgan fingerprint density at radius 1 is 1.22 bits per heavy atom. The largest absolute Gasteiger partial charge is 0.454 e. The van der Waals surface area contributed by atoms with E-state index in [0.717, 1.165) is 31.2 Å². The molecule has 98 valence electrons. The Bertz CT molecular complexity index is 422. The van der Waals surface area contributed by atoms with Gasteiger partial charge in [0.25, 0.3) is 0 Å². The van der Waals surface area contributed by atoms with Crippen molar-refractivity contribution in [3.8, 4) is 0 Å². The molecule has 0 radical (unpaired) electrons. The van der Waals surface area contributed by atoms with Crippen molar-refractivity contribution in [2.75, 3.05) is 0 Å². The summed E-state index contributed by atoms with van der Waals surface area (Å²) in [6, 6.07) is 10.2. The number of hydrogen-bond acceptors (Lipinski definition) is 2. The Labute approximate surface area is 109 Å².